The number of methoxy groups -OCH3 is 1. The van der Waals surface area contributed by atoms with Crippen LogP contribution in [0, 0.1) is 6.42 Å². The van der Waals surface area contributed by atoms with Gasteiger partial charge in [0.1, 0.15) is 5.75 Å². The van der Waals surface area contributed by atoms with Gasteiger partial charge in [0.15, 0.2) is 0 Å². The Bertz CT molecular complexity index is 606. The van der Waals surface area contributed by atoms with Crippen LogP contribution in [0.3, 0.4) is 0 Å². The first-order valence-electron chi connectivity index (χ1n) is 6.18. The lowest BCUT2D eigenvalue weighted by Crippen LogP contribution is -2.10. The summed E-state index contributed by atoms with van der Waals surface area (Å²) in [5.41, 5.74) is 8.46. The monoisotopic (exact) mass is 270 g/mol. The first-order chi connectivity index (χ1) is 9.65. The summed E-state index contributed by atoms with van der Waals surface area (Å²) in [6.45, 7) is -0.0387. The number of ether oxygens (including phenoxy) is 1. The Morgan fingerprint density at radius 3 is 2.40 bits per heavy atom. The van der Waals surface area contributed by atoms with Crippen molar-refractivity contribution in [3.05, 3.63) is 60.0 Å². The third kappa shape index (κ3) is 2.97. The molecule has 20 heavy (non-hydrogen) atoms. The molecule has 0 bridgehead atoms. The van der Waals surface area contributed by atoms with E-state index < -0.39 is 5.91 Å². The number of hydrogen-bond acceptors (Lipinski definition) is 3. The molecule has 0 heterocycles. The van der Waals surface area contributed by atoms with Gasteiger partial charge in [0.05, 0.1) is 13.7 Å². The SMILES string of the molecule is COc1cc(-c2ccc(C(N)=O)cc2)ccc1[CH]CO. The number of hydrogen-bond donors (Lipinski definition) is 2. The molecular weight excluding hydrogens is 254 g/mol. The van der Waals surface area contributed by atoms with Crippen LogP contribution in [0.1, 0.15) is 15.9 Å². The zero-order valence-corrected chi connectivity index (χ0v) is 11.2. The molecule has 0 atom stereocenters. The number of primary amides is 1. The van der Waals surface area contributed by atoms with Gasteiger partial charge in [-0.15, -0.1) is 0 Å². The second-order valence-electron chi connectivity index (χ2n) is 4.29. The van der Waals surface area contributed by atoms with Crippen molar-refractivity contribution in [3.8, 4) is 16.9 Å². The van der Waals surface area contributed by atoms with Gasteiger partial charge in [-0.05, 0) is 29.3 Å². The molecule has 103 valence electrons. The Kier molecular flexibility index (Phi) is 4.38. The summed E-state index contributed by atoms with van der Waals surface area (Å²) in [6, 6.07) is 12.8. The van der Waals surface area contributed by atoms with Crippen LogP contribution < -0.4 is 10.5 Å². The summed E-state index contributed by atoms with van der Waals surface area (Å²) in [5, 5.41) is 8.95. The minimum Gasteiger partial charge on any atom is -0.496 e. The molecule has 1 radical (unpaired) electrons. The third-order valence-corrected chi connectivity index (χ3v) is 3.05. The maximum absolute atomic E-state index is 11.0. The lowest BCUT2D eigenvalue weighted by Gasteiger charge is -2.10. The molecule has 0 aliphatic rings. The van der Waals surface area contributed by atoms with Gasteiger partial charge in [0.2, 0.25) is 5.91 Å². The Morgan fingerprint density at radius 2 is 1.85 bits per heavy atom. The minimum atomic E-state index is -0.443. The Hall–Kier alpha value is -2.33. The normalized spacial score (nSPS) is 10.3. The molecule has 0 aliphatic heterocycles. The van der Waals surface area contributed by atoms with Crippen LogP contribution in [0.5, 0.6) is 5.75 Å². The summed E-state index contributed by atoms with van der Waals surface area (Å²) in [4.78, 5) is 11.0. The molecule has 4 heteroatoms. The van der Waals surface area contributed by atoms with Crippen molar-refractivity contribution in [3.63, 3.8) is 0 Å². The Balaban J connectivity index is 2.35. The average Bonchev–Trinajstić information content (AvgIpc) is 2.48. The summed E-state index contributed by atoms with van der Waals surface area (Å²) in [7, 11) is 1.59. The summed E-state index contributed by atoms with van der Waals surface area (Å²) in [6.07, 6.45) is 1.68. The number of benzene rings is 2. The van der Waals surface area contributed by atoms with Crippen molar-refractivity contribution in [1.82, 2.24) is 0 Å². The first kappa shape index (κ1) is 14.1. The van der Waals surface area contributed by atoms with E-state index in [1.54, 1.807) is 25.7 Å². The quantitative estimate of drug-likeness (QED) is 0.872. The summed E-state index contributed by atoms with van der Waals surface area (Å²) in [5.74, 6) is 0.248. The highest BCUT2D eigenvalue weighted by atomic mass is 16.5. The smallest absolute Gasteiger partial charge is 0.248 e. The van der Waals surface area contributed by atoms with E-state index in [1.807, 2.05) is 30.3 Å². The molecule has 4 nitrogen and oxygen atoms in total. The number of carbonyl (C=O) groups is 1. The number of aliphatic hydroxyl groups excluding tert-OH is 1. The van der Waals surface area contributed by atoms with E-state index >= 15 is 0 Å². The summed E-state index contributed by atoms with van der Waals surface area (Å²) < 4.78 is 5.31. The molecule has 3 N–H and O–H groups in total. The molecule has 0 saturated heterocycles. The highest BCUT2D eigenvalue weighted by molar-refractivity contribution is 5.93. The third-order valence-electron chi connectivity index (χ3n) is 3.05. The van der Waals surface area contributed by atoms with Gasteiger partial charge in [0, 0.05) is 17.5 Å². The molecule has 0 saturated carbocycles. The van der Waals surface area contributed by atoms with E-state index in [-0.39, 0.29) is 6.61 Å². The topological polar surface area (TPSA) is 72.5 Å². The van der Waals surface area contributed by atoms with E-state index in [2.05, 4.69) is 0 Å². The molecule has 0 fully saturated rings. The molecule has 2 aromatic carbocycles. The Labute approximate surface area is 117 Å². The van der Waals surface area contributed by atoms with E-state index in [0.29, 0.717) is 11.3 Å². The van der Waals surface area contributed by atoms with E-state index in [9.17, 15) is 4.79 Å². The zero-order valence-electron chi connectivity index (χ0n) is 11.2. The molecule has 2 aromatic rings. The molecular formula is C16H16NO3. The van der Waals surface area contributed by atoms with Gasteiger partial charge < -0.3 is 15.6 Å². The predicted octanol–water partition coefficient (Wildman–Crippen LogP) is 2.01. The highest BCUT2D eigenvalue weighted by Crippen LogP contribution is 2.28. The second-order valence-corrected chi connectivity index (χ2v) is 4.29. The largest absolute Gasteiger partial charge is 0.496 e. The zero-order chi connectivity index (χ0) is 14.5. The van der Waals surface area contributed by atoms with E-state index in [4.69, 9.17) is 15.6 Å². The van der Waals surface area contributed by atoms with Crippen LogP contribution in [0.25, 0.3) is 11.1 Å². The number of rotatable bonds is 5. The fraction of sp³-hybridized carbons (Fsp3) is 0.125. The molecule has 0 aromatic heterocycles. The van der Waals surface area contributed by atoms with Gasteiger partial charge in [-0.1, -0.05) is 24.3 Å². The van der Waals surface area contributed by atoms with Crippen LogP contribution in [0.4, 0.5) is 0 Å². The van der Waals surface area contributed by atoms with Crippen LogP contribution in [0.2, 0.25) is 0 Å². The van der Waals surface area contributed by atoms with Crippen LogP contribution >= 0.6 is 0 Å². The van der Waals surface area contributed by atoms with Crippen molar-refractivity contribution in [2.75, 3.05) is 13.7 Å². The van der Waals surface area contributed by atoms with Crippen LogP contribution in [-0.2, 0) is 0 Å². The van der Waals surface area contributed by atoms with Crippen molar-refractivity contribution in [2.24, 2.45) is 5.73 Å². The minimum absolute atomic E-state index is 0.0387. The van der Waals surface area contributed by atoms with Gasteiger partial charge >= 0.3 is 0 Å². The van der Waals surface area contributed by atoms with Gasteiger partial charge in [0.25, 0.3) is 0 Å². The first-order valence-corrected chi connectivity index (χ1v) is 6.18. The van der Waals surface area contributed by atoms with Crippen LogP contribution in [-0.4, -0.2) is 24.7 Å². The molecule has 0 spiro atoms. The molecule has 0 aliphatic carbocycles. The van der Waals surface area contributed by atoms with Crippen molar-refractivity contribution < 1.29 is 14.6 Å². The number of amides is 1. The van der Waals surface area contributed by atoms with E-state index in [1.165, 1.54) is 0 Å². The maximum atomic E-state index is 11.0. The molecule has 0 unspecified atom stereocenters. The lowest BCUT2D eigenvalue weighted by molar-refractivity contribution is 0.100. The summed E-state index contributed by atoms with van der Waals surface area (Å²) >= 11 is 0. The molecule has 1 amide bonds. The maximum Gasteiger partial charge on any atom is 0.248 e. The Morgan fingerprint density at radius 1 is 1.20 bits per heavy atom. The van der Waals surface area contributed by atoms with Gasteiger partial charge in [-0.3, -0.25) is 4.79 Å². The highest BCUT2D eigenvalue weighted by Gasteiger charge is 2.07. The standard InChI is InChI=1S/C16H16NO3/c1-20-15-10-14(7-4-12(15)8-9-18)11-2-5-13(6-3-11)16(17)19/h2-8,10,18H,9H2,1H3,(H2,17,19). The van der Waals surface area contributed by atoms with Gasteiger partial charge in [-0.25, -0.2) is 0 Å². The average molecular weight is 270 g/mol. The van der Waals surface area contributed by atoms with Gasteiger partial charge in [-0.2, -0.15) is 0 Å². The van der Waals surface area contributed by atoms with Crippen molar-refractivity contribution in [1.29, 1.82) is 0 Å². The number of nitrogens with two attached hydrogens (primary N) is 1. The second kappa shape index (κ2) is 6.21. The van der Waals surface area contributed by atoms with Crippen molar-refractivity contribution in [2.45, 2.75) is 0 Å². The fourth-order valence-corrected chi connectivity index (χ4v) is 1.98. The fourth-order valence-electron chi connectivity index (χ4n) is 1.98. The number of aliphatic hydroxyl groups is 1. The van der Waals surface area contributed by atoms with Crippen molar-refractivity contribution >= 4 is 5.91 Å². The predicted molar refractivity (Wildman–Crippen MR) is 77.4 cm³/mol. The lowest BCUT2D eigenvalue weighted by atomic mass is 10.0. The van der Waals surface area contributed by atoms with Crippen LogP contribution in [0.15, 0.2) is 42.5 Å². The van der Waals surface area contributed by atoms with E-state index in [0.717, 1.165) is 16.7 Å². The number of carbonyl (C=O) groups excluding carboxylic acids is 1. The molecule has 2 rings (SSSR count).